The average molecular weight is 277 g/mol. The molecule has 2 nitrogen and oxygen atoms in total. The third-order valence-electron chi connectivity index (χ3n) is 4.69. The smallest absolute Gasteiger partial charge is 0.176 e. The van der Waals surface area contributed by atoms with Crippen LogP contribution in [0.15, 0.2) is 42.5 Å². The summed E-state index contributed by atoms with van der Waals surface area (Å²) in [6.45, 7) is 2.31. The van der Waals surface area contributed by atoms with E-state index in [-0.39, 0.29) is 5.78 Å². The van der Waals surface area contributed by atoms with Crippen LogP contribution in [0.1, 0.15) is 39.0 Å². The number of benzene rings is 2. The van der Waals surface area contributed by atoms with E-state index in [0.29, 0.717) is 6.54 Å². The number of fused-ring (bicyclic) bond motifs is 2. The molecule has 0 atom stereocenters. The van der Waals surface area contributed by atoms with E-state index in [0.717, 1.165) is 25.1 Å². The molecule has 2 aromatic carbocycles. The number of Topliss-reactive ketones (excluding diaryl/α,β-unsaturated/α-hetero) is 1. The topological polar surface area (TPSA) is 20.3 Å². The van der Waals surface area contributed by atoms with E-state index in [4.69, 9.17) is 0 Å². The highest BCUT2D eigenvalue weighted by atomic mass is 16.1. The molecule has 1 aliphatic carbocycles. The first kappa shape index (κ1) is 12.8. The standard InChI is InChI=1S/C19H19NO/c21-19(16-9-8-14-6-3-7-15(14)10-16)13-20-11-17-4-1-2-5-18(17)12-20/h1-2,4-5,8-10H,3,6-7,11-13H2. The van der Waals surface area contributed by atoms with Gasteiger partial charge in [-0.05, 0) is 47.6 Å². The van der Waals surface area contributed by atoms with Gasteiger partial charge in [0.2, 0.25) is 0 Å². The van der Waals surface area contributed by atoms with E-state index in [1.165, 1.54) is 35.1 Å². The van der Waals surface area contributed by atoms with Gasteiger partial charge in [-0.3, -0.25) is 9.69 Å². The summed E-state index contributed by atoms with van der Waals surface area (Å²) in [5.41, 5.74) is 6.41. The van der Waals surface area contributed by atoms with E-state index < -0.39 is 0 Å². The SMILES string of the molecule is O=C(CN1Cc2ccccc2C1)c1ccc2c(c1)CCC2. The summed E-state index contributed by atoms with van der Waals surface area (Å²) >= 11 is 0. The summed E-state index contributed by atoms with van der Waals surface area (Å²) in [6.07, 6.45) is 3.53. The molecule has 1 heterocycles. The van der Waals surface area contributed by atoms with Gasteiger partial charge < -0.3 is 0 Å². The molecule has 106 valence electrons. The predicted molar refractivity (Wildman–Crippen MR) is 83.4 cm³/mol. The maximum absolute atomic E-state index is 12.5. The van der Waals surface area contributed by atoms with E-state index >= 15 is 0 Å². The lowest BCUT2D eigenvalue weighted by molar-refractivity contribution is 0.0929. The second kappa shape index (κ2) is 5.12. The zero-order valence-corrected chi connectivity index (χ0v) is 12.1. The molecule has 2 aliphatic rings. The Hall–Kier alpha value is -1.93. The number of hydrogen-bond acceptors (Lipinski definition) is 2. The van der Waals surface area contributed by atoms with E-state index in [1.807, 2.05) is 6.07 Å². The molecular formula is C19H19NO. The maximum atomic E-state index is 12.5. The summed E-state index contributed by atoms with van der Waals surface area (Å²) in [6, 6.07) is 14.7. The van der Waals surface area contributed by atoms with Crippen molar-refractivity contribution in [2.45, 2.75) is 32.4 Å². The number of aryl methyl sites for hydroxylation is 2. The first-order chi connectivity index (χ1) is 10.3. The van der Waals surface area contributed by atoms with Crippen molar-refractivity contribution in [2.75, 3.05) is 6.54 Å². The van der Waals surface area contributed by atoms with Crippen LogP contribution in [0.25, 0.3) is 0 Å². The molecule has 2 aromatic rings. The van der Waals surface area contributed by atoms with Gasteiger partial charge in [0.1, 0.15) is 0 Å². The molecule has 0 aromatic heterocycles. The van der Waals surface area contributed by atoms with Gasteiger partial charge in [-0.25, -0.2) is 0 Å². The van der Waals surface area contributed by atoms with Crippen LogP contribution in [0, 0.1) is 0 Å². The number of nitrogens with zero attached hydrogens (tertiary/aromatic N) is 1. The fraction of sp³-hybridized carbons (Fsp3) is 0.316. The normalized spacial score (nSPS) is 16.8. The van der Waals surface area contributed by atoms with Crippen molar-refractivity contribution >= 4 is 5.78 Å². The van der Waals surface area contributed by atoms with E-state index in [9.17, 15) is 4.79 Å². The zero-order valence-electron chi connectivity index (χ0n) is 12.1. The molecule has 0 amide bonds. The molecule has 0 spiro atoms. The Balaban J connectivity index is 1.47. The molecule has 0 saturated heterocycles. The minimum Gasteiger partial charge on any atom is -0.293 e. The minimum atomic E-state index is 0.248. The van der Waals surface area contributed by atoms with Gasteiger partial charge in [0.05, 0.1) is 6.54 Å². The van der Waals surface area contributed by atoms with Crippen LogP contribution in [-0.4, -0.2) is 17.2 Å². The minimum absolute atomic E-state index is 0.248. The van der Waals surface area contributed by atoms with Crippen LogP contribution < -0.4 is 0 Å². The van der Waals surface area contributed by atoms with Gasteiger partial charge in [-0.2, -0.15) is 0 Å². The number of carbonyl (C=O) groups is 1. The lowest BCUT2D eigenvalue weighted by atomic mass is 10.0. The van der Waals surface area contributed by atoms with Crippen LogP contribution in [0.2, 0.25) is 0 Å². The molecular weight excluding hydrogens is 258 g/mol. The fourth-order valence-corrected chi connectivity index (χ4v) is 3.56. The number of rotatable bonds is 3. The Kier molecular flexibility index (Phi) is 3.12. The first-order valence-corrected chi connectivity index (χ1v) is 7.74. The van der Waals surface area contributed by atoms with Crippen LogP contribution in [0.4, 0.5) is 0 Å². The summed E-state index contributed by atoms with van der Waals surface area (Å²) in [7, 11) is 0. The largest absolute Gasteiger partial charge is 0.293 e. The second-order valence-corrected chi connectivity index (χ2v) is 6.17. The van der Waals surface area contributed by atoms with Crippen molar-refractivity contribution in [3.8, 4) is 0 Å². The highest BCUT2D eigenvalue weighted by Crippen LogP contribution is 2.25. The fourth-order valence-electron chi connectivity index (χ4n) is 3.56. The van der Waals surface area contributed by atoms with Crippen molar-refractivity contribution < 1.29 is 4.79 Å². The van der Waals surface area contributed by atoms with Gasteiger partial charge in [0.25, 0.3) is 0 Å². The summed E-state index contributed by atoms with van der Waals surface area (Å²) in [4.78, 5) is 14.7. The highest BCUT2D eigenvalue weighted by Gasteiger charge is 2.21. The third kappa shape index (κ3) is 2.40. The molecule has 0 fully saturated rings. The number of ketones is 1. The molecule has 0 saturated carbocycles. The first-order valence-electron chi connectivity index (χ1n) is 7.74. The van der Waals surface area contributed by atoms with Crippen LogP contribution in [-0.2, 0) is 25.9 Å². The molecule has 0 N–H and O–H groups in total. The van der Waals surface area contributed by atoms with Crippen molar-refractivity contribution in [2.24, 2.45) is 0 Å². The Labute approximate surface area is 125 Å². The van der Waals surface area contributed by atoms with Gasteiger partial charge in [-0.1, -0.05) is 36.4 Å². The van der Waals surface area contributed by atoms with Gasteiger partial charge in [-0.15, -0.1) is 0 Å². The highest BCUT2D eigenvalue weighted by molar-refractivity contribution is 5.98. The van der Waals surface area contributed by atoms with Crippen molar-refractivity contribution in [3.05, 3.63) is 70.3 Å². The lowest BCUT2D eigenvalue weighted by Gasteiger charge is -2.14. The Morgan fingerprint density at radius 1 is 0.905 bits per heavy atom. The van der Waals surface area contributed by atoms with Crippen molar-refractivity contribution in [3.63, 3.8) is 0 Å². The Morgan fingerprint density at radius 3 is 2.38 bits per heavy atom. The molecule has 4 rings (SSSR count). The number of hydrogen-bond donors (Lipinski definition) is 0. The molecule has 0 radical (unpaired) electrons. The molecule has 2 heteroatoms. The van der Waals surface area contributed by atoms with Crippen LogP contribution >= 0.6 is 0 Å². The summed E-state index contributed by atoms with van der Waals surface area (Å²) < 4.78 is 0. The summed E-state index contributed by atoms with van der Waals surface area (Å²) in [5.74, 6) is 0.248. The van der Waals surface area contributed by atoms with E-state index in [1.54, 1.807) is 0 Å². The third-order valence-corrected chi connectivity index (χ3v) is 4.69. The quantitative estimate of drug-likeness (QED) is 0.802. The lowest BCUT2D eigenvalue weighted by Crippen LogP contribution is -2.24. The molecule has 21 heavy (non-hydrogen) atoms. The van der Waals surface area contributed by atoms with Gasteiger partial charge in [0, 0.05) is 18.7 Å². The van der Waals surface area contributed by atoms with Crippen molar-refractivity contribution in [1.29, 1.82) is 0 Å². The second-order valence-electron chi connectivity index (χ2n) is 6.17. The number of carbonyl (C=O) groups excluding carboxylic acids is 1. The Bertz CT molecular complexity index is 679. The van der Waals surface area contributed by atoms with Crippen LogP contribution in [0.5, 0.6) is 0 Å². The van der Waals surface area contributed by atoms with Gasteiger partial charge in [0.15, 0.2) is 5.78 Å². The molecule has 0 bridgehead atoms. The van der Waals surface area contributed by atoms with Crippen LogP contribution in [0.3, 0.4) is 0 Å². The monoisotopic (exact) mass is 277 g/mol. The maximum Gasteiger partial charge on any atom is 0.176 e. The molecule has 1 aliphatic heterocycles. The van der Waals surface area contributed by atoms with Gasteiger partial charge >= 0.3 is 0 Å². The molecule has 0 unspecified atom stereocenters. The van der Waals surface area contributed by atoms with E-state index in [2.05, 4.69) is 41.3 Å². The zero-order chi connectivity index (χ0) is 14.2. The predicted octanol–water partition coefficient (Wildman–Crippen LogP) is 3.37. The summed E-state index contributed by atoms with van der Waals surface area (Å²) in [5, 5.41) is 0. The Morgan fingerprint density at radius 2 is 1.62 bits per heavy atom. The average Bonchev–Trinajstić information content (AvgIpc) is 3.11. The van der Waals surface area contributed by atoms with Crippen molar-refractivity contribution in [1.82, 2.24) is 4.90 Å².